The topological polar surface area (TPSA) is 86.5 Å². The Labute approximate surface area is 156 Å². The van der Waals surface area contributed by atoms with E-state index in [1.165, 1.54) is 0 Å². The van der Waals surface area contributed by atoms with Crippen molar-refractivity contribution in [2.45, 2.75) is 19.8 Å². The summed E-state index contributed by atoms with van der Waals surface area (Å²) in [4.78, 5) is 12.2. The van der Waals surface area contributed by atoms with Crippen LogP contribution >= 0.6 is 0 Å². The lowest BCUT2D eigenvalue weighted by molar-refractivity contribution is -0.116. The number of nitrogens with one attached hydrogen (secondary N) is 1. The molecule has 2 aromatic carbocycles. The summed E-state index contributed by atoms with van der Waals surface area (Å²) in [5.41, 5.74) is 2.68. The number of aromatic nitrogens is 2. The van der Waals surface area contributed by atoms with Crippen molar-refractivity contribution >= 4 is 11.6 Å². The van der Waals surface area contributed by atoms with Gasteiger partial charge in [0.25, 0.3) is 0 Å². The molecule has 0 radical (unpaired) electrons. The molecule has 0 saturated heterocycles. The van der Waals surface area contributed by atoms with Gasteiger partial charge in [0.05, 0.1) is 0 Å². The molecule has 0 fully saturated rings. The SMILES string of the molecule is Cc1ccc(-c2nnc(CCC(=O)Nc3ccc4c(c3)OCCO4)o2)cc1. The van der Waals surface area contributed by atoms with Crippen LogP contribution in [0.25, 0.3) is 11.5 Å². The molecule has 4 rings (SSSR count). The van der Waals surface area contributed by atoms with Gasteiger partial charge in [0.15, 0.2) is 11.5 Å². The first-order valence-electron chi connectivity index (χ1n) is 8.76. The molecule has 0 bridgehead atoms. The molecule has 1 aromatic heterocycles. The largest absolute Gasteiger partial charge is 0.486 e. The number of ether oxygens (including phenoxy) is 2. The van der Waals surface area contributed by atoms with Crippen LogP contribution in [0, 0.1) is 6.92 Å². The Hall–Kier alpha value is -3.35. The van der Waals surface area contributed by atoms with Crippen molar-refractivity contribution in [2.75, 3.05) is 18.5 Å². The van der Waals surface area contributed by atoms with Gasteiger partial charge < -0.3 is 19.2 Å². The van der Waals surface area contributed by atoms with Crippen molar-refractivity contribution in [2.24, 2.45) is 0 Å². The summed E-state index contributed by atoms with van der Waals surface area (Å²) in [6.07, 6.45) is 0.610. The van der Waals surface area contributed by atoms with Gasteiger partial charge in [-0.3, -0.25) is 4.79 Å². The maximum Gasteiger partial charge on any atom is 0.247 e. The van der Waals surface area contributed by atoms with E-state index >= 15 is 0 Å². The minimum absolute atomic E-state index is 0.137. The Balaban J connectivity index is 1.34. The van der Waals surface area contributed by atoms with Crippen LogP contribution in [-0.2, 0) is 11.2 Å². The smallest absolute Gasteiger partial charge is 0.247 e. The minimum atomic E-state index is -0.137. The van der Waals surface area contributed by atoms with Crippen molar-refractivity contribution in [1.29, 1.82) is 0 Å². The number of carbonyl (C=O) groups excluding carboxylic acids is 1. The van der Waals surface area contributed by atoms with Crippen LogP contribution in [0.5, 0.6) is 11.5 Å². The number of amides is 1. The third kappa shape index (κ3) is 4.08. The summed E-state index contributed by atoms with van der Waals surface area (Å²) in [5, 5.41) is 10.9. The number of aryl methyl sites for hydroxylation is 2. The van der Waals surface area contributed by atoms with Gasteiger partial charge >= 0.3 is 0 Å². The van der Waals surface area contributed by atoms with Crippen molar-refractivity contribution in [3.63, 3.8) is 0 Å². The first kappa shape index (κ1) is 17.1. The average Bonchev–Trinajstić information content (AvgIpc) is 3.16. The van der Waals surface area contributed by atoms with E-state index in [2.05, 4.69) is 15.5 Å². The highest BCUT2D eigenvalue weighted by Gasteiger charge is 2.14. The van der Waals surface area contributed by atoms with Crippen molar-refractivity contribution < 1.29 is 18.7 Å². The van der Waals surface area contributed by atoms with Gasteiger partial charge in [-0.2, -0.15) is 0 Å². The van der Waals surface area contributed by atoms with E-state index in [0.717, 1.165) is 11.1 Å². The summed E-state index contributed by atoms with van der Waals surface area (Å²) in [5.74, 6) is 2.08. The fourth-order valence-electron chi connectivity index (χ4n) is 2.73. The van der Waals surface area contributed by atoms with E-state index in [9.17, 15) is 4.79 Å². The summed E-state index contributed by atoms with van der Waals surface area (Å²) in [6, 6.07) is 13.2. The van der Waals surface area contributed by atoms with Crippen molar-refractivity contribution in [1.82, 2.24) is 10.2 Å². The maximum atomic E-state index is 12.2. The Morgan fingerprint density at radius 3 is 2.63 bits per heavy atom. The van der Waals surface area contributed by atoms with E-state index in [1.807, 2.05) is 31.2 Å². The Morgan fingerprint density at radius 2 is 1.81 bits per heavy atom. The third-order valence-corrected chi connectivity index (χ3v) is 4.16. The average molecular weight is 365 g/mol. The van der Waals surface area contributed by atoms with Gasteiger partial charge in [0.2, 0.25) is 17.7 Å². The van der Waals surface area contributed by atoms with Crippen molar-refractivity contribution in [3.05, 3.63) is 53.9 Å². The van der Waals surface area contributed by atoms with Gasteiger partial charge in [-0.15, -0.1) is 10.2 Å². The number of hydrogen-bond donors (Lipinski definition) is 1. The molecule has 1 N–H and O–H groups in total. The predicted octanol–water partition coefficient (Wildman–Crippen LogP) is 3.39. The molecule has 2 heterocycles. The molecule has 138 valence electrons. The molecular weight excluding hydrogens is 346 g/mol. The number of benzene rings is 2. The zero-order valence-electron chi connectivity index (χ0n) is 14.9. The number of fused-ring (bicyclic) bond motifs is 1. The first-order chi connectivity index (χ1) is 13.2. The first-order valence-corrected chi connectivity index (χ1v) is 8.76. The van der Waals surface area contributed by atoms with Crippen LogP contribution in [0.4, 0.5) is 5.69 Å². The second-order valence-corrected chi connectivity index (χ2v) is 6.27. The third-order valence-electron chi connectivity index (χ3n) is 4.16. The van der Waals surface area contributed by atoms with Crippen LogP contribution in [0.1, 0.15) is 17.9 Å². The summed E-state index contributed by atoms with van der Waals surface area (Å²) < 4.78 is 16.6. The minimum Gasteiger partial charge on any atom is -0.486 e. The van der Waals surface area contributed by atoms with Gasteiger partial charge in [0, 0.05) is 30.2 Å². The molecule has 0 unspecified atom stereocenters. The molecule has 7 nitrogen and oxygen atoms in total. The van der Waals surface area contributed by atoms with Gasteiger partial charge in [-0.25, -0.2) is 0 Å². The van der Waals surface area contributed by atoms with Crippen LogP contribution in [0.2, 0.25) is 0 Å². The Kier molecular flexibility index (Phi) is 4.74. The molecule has 0 atom stereocenters. The zero-order valence-corrected chi connectivity index (χ0v) is 14.9. The molecule has 0 spiro atoms. The lowest BCUT2D eigenvalue weighted by atomic mass is 10.1. The van der Waals surface area contributed by atoms with E-state index in [0.29, 0.717) is 48.6 Å². The summed E-state index contributed by atoms with van der Waals surface area (Å²) in [6.45, 7) is 3.06. The lowest BCUT2D eigenvalue weighted by Gasteiger charge is -2.18. The van der Waals surface area contributed by atoms with Gasteiger partial charge in [-0.05, 0) is 31.2 Å². The fourth-order valence-corrected chi connectivity index (χ4v) is 2.73. The number of hydrogen-bond acceptors (Lipinski definition) is 6. The molecule has 0 saturated carbocycles. The second kappa shape index (κ2) is 7.49. The van der Waals surface area contributed by atoms with Gasteiger partial charge in [-0.1, -0.05) is 17.7 Å². The predicted molar refractivity (Wildman–Crippen MR) is 98.9 cm³/mol. The molecule has 27 heavy (non-hydrogen) atoms. The lowest BCUT2D eigenvalue weighted by Crippen LogP contribution is -2.16. The number of nitrogens with zero attached hydrogens (tertiary/aromatic N) is 2. The highest BCUT2D eigenvalue weighted by molar-refractivity contribution is 5.91. The monoisotopic (exact) mass is 365 g/mol. The van der Waals surface area contributed by atoms with Crippen LogP contribution in [0.15, 0.2) is 46.9 Å². The molecule has 7 heteroatoms. The summed E-state index contributed by atoms with van der Waals surface area (Å²) >= 11 is 0. The van der Waals surface area contributed by atoms with E-state index in [-0.39, 0.29) is 12.3 Å². The second-order valence-electron chi connectivity index (χ2n) is 6.27. The van der Waals surface area contributed by atoms with Crippen molar-refractivity contribution in [3.8, 4) is 23.0 Å². The fraction of sp³-hybridized carbons (Fsp3) is 0.250. The quantitative estimate of drug-likeness (QED) is 0.746. The summed E-state index contributed by atoms with van der Waals surface area (Å²) in [7, 11) is 0. The molecule has 3 aromatic rings. The van der Waals surface area contributed by atoms with E-state index in [4.69, 9.17) is 13.9 Å². The standard InChI is InChI=1S/C20H19N3O4/c1-13-2-4-14(5-3-13)20-23-22-19(27-20)9-8-18(24)21-15-6-7-16-17(12-15)26-11-10-25-16/h2-7,12H,8-11H2,1H3,(H,21,24). The molecular formula is C20H19N3O4. The Morgan fingerprint density at radius 1 is 1.04 bits per heavy atom. The van der Waals surface area contributed by atoms with Crippen LogP contribution < -0.4 is 14.8 Å². The molecule has 1 amide bonds. The normalized spacial score (nSPS) is 12.6. The van der Waals surface area contributed by atoms with Crippen LogP contribution in [-0.4, -0.2) is 29.3 Å². The van der Waals surface area contributed by atoms with Crippen LogP contribution in [0.3, 0.4) is 0 Å². The highest BCUT2D eigenvalue weighted by atomic mass is 16.6. The van der Waals surface area contributed by atoms with Gasteiger partial charge in [0.1, 0.15) is 13.2 Å². The zero-order chi connectivity index (χ0) is 18.6. The number of rotatable bonds is 5. The molecule has 1 aliphatic rings. The maximum absolute atomic E-state index is 12.2. The van der Waals surface area contributed by atoms with E-state index in [1.54, 1.807) is 18.2 Å². The Bertz CT molecular complexity index is 950. The highest BCUT2D eigenvalue weighted by Crippen LogP contribution is 2.32. The van der Waals surface area contributed by atoms with E-state index < -0.39 is 0 Å². The number of anilines is 1. The number of carbonyl (C=O) groups is 1. The molecule has 0 aliphatic carbocycles. The molecule has 1 aliphatic heterocycles.